The minimum atomic E-state index is -1.01. The molecule has 0 spiro atoms. The fourth-order valence-corrected chi connectivity index (χ4v) is 1.27. The van der Waals surface area contributed by atoms with Crippen LogP contribution in [0.15, 0.2) is 0 Å². The van der Waals surface area contributed by atoms with Crippen molar-refractivity contribution < 1.29 is 14.7 Å². The van der Waals surface area contributed by atoms with Gasteiger partial charge in [-0.25, -0.2) is 0 Å². The zero-order valence-electron chi connectivity index (χ0n) is 10.5. The second kappa shape index (κ2) is 5.84. The maximum atomic E-state index is 12.0. The van der Waals surface area contributed by atoms with Crippen molar-refractivity contribution in [2.24, 2.45) is 11.1 Å². The van der Waals surface area contributed by atoms with E-state index in [2.05, 4.69) is 0 Å². The molecule has 0 aliphatic rings. The SMILES string of the molecule is CCCN(CC(=O)O)C(=O)C(N)C(C)(C)C. The van der Waals surface area contributed by atoms with Crippen LogP contribution in [0.5, 0.6) is 0 Å². The molecule has 3 N–H and O–H groups in total. The first-order valence-electron chi connectivity index (χ1n) is 5.46. The highest BCUT2D eigenvalue weighted by Gasteiger charge is 2.31. The lowest BCUT2D eigenvalue weighted by Crippen LogP contribution is -2.51. The number of carboxylic acid groups (broad SMARTS) is 1. The third kappa shape index (κ3) is 4.61. The molecule has 16 heavy (non-hydrogen) atoms. The number of amides is 1. The molecule has 0 aromatic heterocycles. The number of carboxylic acids is 1. The molecule has 1 unspecified atom stereocenters. The second-order valence-electron chi connectivity index (χ2n) is 5.00. The summed E-state index contributed by atoms with van der Waals surface area (Å²) in [4.78, 5) is 23.9. The first-order chi connectivity index (χ1) is 7.20. The molecule has 5 heteroatoms. The van der Waals surface area contributed by atoms with E-state index in [9.17, 15) is 9.59 Å². The molecule has 0 fully saturated rings. The van der Waals surface area contributed by atoms with Crippen LogP contribution in [0.3, 0.4) is 0 Å². The molecule has 0 radical (unpaired) electrons. The largest absolute Gasteiger partial charge is 0.480 e. The number of rotatable bonds is 5. The summed E-state index contributed by atoms with van der Waals surface area (Å²) < 4.78 is 0. The van der Waals surface area contributed by atoms with Crippen LogP contribution in [0, 0.1) is 5.41 Å². The minimum absolute atomic E-state index is 0.281. The van der Waals surface area contributed by atoms with Crippen molar-refractivity contribution in [3.8, 4) is 0 Å². The summed E-state index contributed by atoms with van der Waals surface area (Å²) in [5.74, 6) is -1.31. The molecule has 0 heterocycles. The minimum Gasteiger partial charge on any atom is -0.480 e. The first kappa shape index (κ1) is 14.9. The molecule has 0 rings (SSSR count). The van der Waals surface area contributed by atoms with Crippen LogP contribution in [0.1, 0.15) is 34.1 Å². The highest BCUT2D eigenvalue weighted by Crippen LogP contribution is 2.19. The van der Waals surface area contributed by atoms with E-state index in [0.717, 1.165) is 6.42 Å². The van der Waals surface area contributed by atoms with Crippen molar-refractivity contribution >= 4 is 11.9 Å². The summed E-state index contributed by atoms with van der Waals surface area (Å²) in [6.07, 6.45) is 0.718. The molecule has 0 aliphatic carbocycles. The fourth-order valence-electron chi connectivity index (χ4n) is 1.27. The van der Waals surface area contributed by atoms with Gasteiger partial charge in [0.1, 0.15) is 6.54 Å². The average Bonchev–Trinajstić information content (AvgIpc) is 2.12. The predicted molar refractivity (Wildman–Crippen MR) is 61.9 cm³/mol. The van der Waals surface area contributed by atoms with E-state index in [-0.39, 0.29) is 17.9 Å². The van der Waals surface area contributed by atoms with E-state index in [1.54, 1.807) is 0 Å². The van der Waals surface area contributed by atoms with Gasteiger partial charge in [0.2, 0.25) is 5.91 Å². The Kier molecular flexibility index (Phi) is 5.44. The lowest BCUT2D eigenvalue weighted by molar-refractivity contribution is -0.146. The number of carbonyl (C=O) groups excluding carboxylic acids is 1. The highest BCUT2D eigenvalue weighted by molar-refractivity contribution is 5.85. The molecule has 0 aromatic carbocycles. The van der Waals surface area contributed by atoms with Gasteiger partial charge in [0.15, 0.2) is 0 Å². The zero-order valence-corrected chi connectivity index (χ0v) is 10.5. The van der Waals surface area contributed by atoms with Crippen LogP contribution >= 0.6 is 0 Å². The van der Waals surface area contributed by atoms with Crippen LogP contribution < -0.4 is 5.73 Å². The number of aliphatic carboxylic acids is 1. The predicted octanol–water partition coefficient (Wildman–Crippen LogP) is 0.683. The molecular weight excluding hydrogens is 208 g/mol. The van der Waals surface area contributed by atoms with Crippen molar-refractivity contribution in [3.63, 3.8) is 0 Å². The first-order valence-corrected chi connectivity index (χ1v) is 5.46. The van der Waals surface area contributed by atoms with Gasteiger partial charge in [-0.3, -0.25) is 9.59 Å². The lowest BCUT2D eigenvalue weighted by Gasteiger charge is -2.31. The van der Waals surface area contributed by atoms with Crippen LogP contribution in [0.2, 0.25) is 0 Å². The Balaban J connectivity index is 4.67. The number of hydrogen-bond acceptors (Lipinski definition) is 3. The Hall–Kier alpha value is -1.10. The topological polar surface area (TPSA) is 83.6 Å². The van der Waals surface area contributed by atoms with Gasteiger partial charge >= 0.3 is 5.97 Å². The third-order valence-corrected chi connectivity index (χ3v) is 2.33. The van der Waals surface area contributed by atoms with Crippen molar-refractivity contribution in [1.29, 1.82) is 0 Å². The van der Waals surface area contributed by atoms with E-state index in [1.807, 2.05) is 27.7 Å². The van der Waals surface area contributed by atoms with E-state index in [4.69, 9.17) is 10.8 Å². The molecule has 0 saturated carbocycles. The second-order valence-corrected chi connectivity index (χ2v) is 5.00. The Morgan fingerprint density at radius 3 is 2.19 bits per heavy atom. The Bertz CT molecular complexity index is 258. The Morgan fingerprint density at radius 1 is 1.38 bits per heavy atom. The van der Waals surface area contributed by atoms with Gasteiger partial charge in [-0.2, -0.15) is 0 Å². The van der Waals surface area contributed by atoms with E-state index in [1.165, 1.54) is 4.90 Å². The van der Waals surface area contributed by atoms with Crippen LogP contribution in [-0.4, -0.2) is 41.0 Å². The quantitative estimate of drug-likeness (QED) is 0.727. The van der Waals surface area contributed by atoms with Crippen molar-refractivity contribution in [2.75, 3.05) is 13.1 Å². The molecule has 0 saturated heterocycles. The molecule has 0 bridgehead atoms. The highest BCUT2D eigenvalue weighted by atomic mass is 16.4. The van der Waals surface area contributed by atoms with Gasteiger partial charge in [-0.1, -0.05) is 27.7 Å². The maximum absolute atomic E-state index is 12.0. The summed E-state index contributed by atoms with van der Waals surface area (Å²) in [6.45, 7) is 7.62. The summed E-state index contributed by atoms with van der Waals surface area (Å²) >= 11 is 0. The number of nitrogens with zero attached hydrogens (tertiary/aromatic N) is 1. The van der Waals surface area contributed by atoms with Gasteiger partial charge < -0.3 is 15.7 Å². The maximum Gasteiger partial charge on any atom is 0.323 e. The molecule has 1 amide bonds. The third-order valence-electron chi connectivity index (χ3n) is 2.33. The van der Waals surface area contributed by atoms with Crippen LogP contribution in [0.4, 0.5) is 0 Å². The molecular formula is C11H22N2O3. The van der Waals surface area contributed by atoms with E-state index >= 15 is 0 Å². The molecule has 1 atom stereocenters. The zero-order chi connectivity index (χ0) is 12.9. The van der Waals surface area contributed by atoms with E-state index in [0.29, 0.717) is 6.54 Å². The monoisotopic (exact) mass is 230 g/mol. The molecule has 0 aliphatic heterocycles. The standard InChI is InChI=1S/C11H22N2O3/c1-5-6-13(7-8(14)15)10(16)9(12)11(2,3)4/h9H,5-7,12H2,1-4H3,(H,14,15). The van der Waals surface area contributed by atoms with Crippen LogP contribution in [-0.2, 0) is 9.59 Å². The number of hydrogen-bond donors (Lipinski definition) is 2. The van der Waals surface area contributed by atoms with Gasteiger partial charge in [-0.05, 0) is 11.8 Å². The Morgan fingerprint density at radius 2 is 1.88 bits per heavy atom. The van der Waals surface area contributed by atoms with Gasteiger partial charge in [0.05, 0.1) is 6.04 Å². The normalized spacial score (nSPS) is 13.3. The lowest BCUT2D eigenvalue weighted by atomic mass is 9.86. The van der Waals surface area contributed by atoms with Crippen LogP contribution in [0.25, 0.3) is 0 Å². The van der Waals surface area contributed by atoms with Gasteiger partial charge in [0, 0.05) is 6.54 Å². The number of nitrogens with two attached hydrogens (primary N) is 1. The molecule has 94 valence electrons. The molecule has 5 nitrogen and oxygen atoms in total. The summed E-state index contributed by atoms with van der Waals surface area (Å²) in [5, 5.41) is 8.71. The van der Waals surface area contributed by atoms with E-state index < -0.39 is 12.0 Å². The van der Waals surface area contributed by atoms with Gasteiger partial charge in [0.25, 0.3) is 0 Å². The molecule has 0 aromatic rings. The van der Waals surface area contributed by atoms with Crippen molar-refractivity contribution in [2.45, 2.75) is 40.2 Å². The smallest absolute Gasteiger partial charge is 0.323 e. The summed E-state index contributed by atoms with van der Waals surface area (Å²) in [5.41, 5.74) is 5.46. The van der Waals surface area contributed by atoms with Gasteiger partial charge in [-0.15, -0.1) is 0 Å². The summed E-state index contributed by atoms with van der Waals surface area (Å²) in [6, 6.07) is -0.668. The fraction of sp³-hybridized carbons (Fsp3) is 0.818. The van der Waals surface area contributed by atoms with Crippen molar-refractivity contribution in [1.82, 2.24) is 4.90 Å². The summed E-state index contributed by atoms with van der Waals surface area (Å²) in [7, 11) is 0. The Labute approximate surface area is 96.6 Å². The average molecular weight is 230 g/mol. The van der Waals surface area contributed by atoms with Crippen molar-refractivity contribution in [3.05, 3.63) is 0 Å². The number of carbonyl (C=O) groups is 2.